The number of amides is 1. The van der Waals surface area contributed by atoms with E-state index in [9.17, 15) is 9.59 Å². The first-order valence-corrected chi connectivity index (χ1v) is 8.34. The maximum atomic E-state index is 13.0. The Morgan fingerprint density at radius 2 is 2.12 bits per heavy atom. The van der Waals surface area contributed by atoms with E-state index in [0.717, 1.165) is 24.2 Å². The van der Waals surface area contributed by atoms with Gasteiger partial charge in [-0.25, -0.2) is 9.50 Å². The van der Waals surface area contributed by atoms with Crippen LogP contribution in [0.5, 0.6) is 0 Å². The van der Waals surface area contributed by atoms with Gasteiger partial charge in [-0.05, 0) is 26.7 Å². The Hall–Kier alpha value is -2.90. The molecule has 1 amide bonds. The summed E-state index contributed by atoms with van der Waals surface area (Å²) in [5.41, 5.74) is 3.30. The van der Waals surface area contributed by atoms with Gasteiger partial charge >= 0.3 is 0 Å². The third kappa shape index (κ3) is 2.54. The molecule has 1 fully saturated rings. The normalized spacial score (nSPS) is 17.6. The van der Waals surface area contributed by atoms with E-state index < -0.39 is 0 Å². The van der Waals surface area contributed by atoms with Crippen LogP contribution in [0.4, 0.5) is 0 Å². The molecule has 3 aromatic heterocycles. The predicted octanol–water partition coefficient (Wildman–Crippen LogP) is 1.35. The zero-order valence-corrected chi connectivity index (χ0v) is 14.5. The van der Waals surface area contributed by atoms with Gasteiger partial charge in [-0.3, -0.25) is 19.4 Å². The highest BCUT2D eigenvalue weighted by Crippen LogP contribution is 2.32. The summed E-state index contributed by atoms with van der Waals surface area (Å²) in [5, 5.41) is 7.38. The number of rotatable bonds is 2. The molecule has 0 unspecified atom stereocenters. The highest BCUT2D eigenvalue weighted by atomic mass is 16.2. The SMILES string of the molecule is Cc1cc(=O)n2[nH]c([C@@H]3CCCN3C(=O)c3cn(C)nc3C)cc2n1. The largest absolute Gasteiger partial charge is 0.330 e. The van der Waals surface area contributed by atoms with E-state index in [1.54, 1.807) is 17.8 Å². The number of nitrogens with zero attached hydrogens (tertiary/aromatic N) is 5. The summed E-state index contributed by atoms with van der Waals surface area (Å²) < 4.78 is 3.08. The lowest BCUT2D eigenvalue weighted by atomic mass is 10.1. The second kappa shape index (κ2) is 5.58. The molecule has 8 nitrogen and oxygen atoms in total. The van der Waals surface area contributed by atoms with E-state index in [2.05, 4.69) is 15.2 Å². The molecule has 1 aliphatic rings. The Labute approximate surface area is 144 Å². The van der Waals surface area contributed by atoms with Gasteiger partial charge in [0.1, 0.15) is 0 Å². The summed E-state index contributed by atoms with van der Waals surface area (Å²) in [6.45, 7) is 4.33. The fraction of sp³-hybridized carbons (Fsp3) is 0.412. The lowest BCUT2D eigenvalue weighted by Crippen LogP contribution is -2.31. The van der Waals surface area contributed by atoms with Crippen molar-refractivity contribution in [3.05, 3.63) is 51.3 Å². The van der Waals surface area contributed by atoms with E-state index in [1.807, 2.05) is 24.9 Å². The van der Waals surface area contributed by atoms with Gasteiger partial charge in [0.05, 0.1) is 23.0 Å². The van der Waals surface area contributed by atoms with E-state index in [4.69, 9.17) is 0 Å². The topological polar surface area (TPSA) is 88.3 Å². The van der Waals surface area contributed by atoms with Crippen LogP contribution in [0.2, 0.25) is 0 Å². The average molecular weight is 340 g/mol. The van der Waals surface area contributed by atoms with Gasteiger partial charge in [0.25, 0.3) is 11.5 Å². The molecule has 0 radical (unpaired) electrons. The fourth-order valence-corrected chi connectivity index (χ4v) is 3.60. The maximum Gasteiger partial charge on any atom is 0.272 e. The highest BCUT2D eigenvalue weighted by Gasteiger charge is 2.33. The number of aromatic amines is 1. The molecule has 1 N–H and O–H groups in total. The standard InChI is InChI=1S/C17H20N6O2/c1-10-7-16(24)23-15(18-10)8-13(20-23)14-5-4-6-22(14)17(25)12-9-21(3)19-11(12)2/h7-9,14,20H,4-6H2,1-3H3/t14-/m0/s1. The Balaban J connectivity index is 1.72. The molecule has 4 heterocycles. The van der Waals surface area contributed by atoms with Gasteiger partial charge in [0.15, 0.2) is 5.65 Å². The molecule has 0 aromatic carbocycles. The zero-order chi connectivity index (χ0) is 17.7. The summed E-state index contributed by atoms with van der Waals surface area (Å²) >= 11 is 0. The number of carbonyl (C=O) groups excluding carboxylic acids is 1. The summed E-state index contributed by atoms with van der Waals surface area (Å²) in [5.74, 6) is -0.0248. The quantitative estimate of drug-likeness (QED) is 0.763. The molecule has 0 bridgehead atoms. The summed E-state index contributed by atoms with van der Waals surface area (Å²) in [7, 11) is 1.81. The van der Waals surface area contributed by atoms with Crippen LogP contribution in [0, 0.1) is 13.8 Å². The first kappa shape index (κ1) is 15.6. The number of aromatic nitrogens is 5. The number of nitrogens with one attached hydrogen (secondary N) is 1. The lowest BCUT2D eigenvalue weighted by molar-refractivity contribution is 0.0732. The molecular weight excluding hydrogens is 320 g/mol. The number of H-pyrrole nitrogens is 1. The summed E-state index contributed by atoms with van der Waals surface area (Å²) in [4.78, 5) is 31.3. The van der Waals surface area contributed by atoms with Crippen LogP contribution in [0.3, 0.4) is 0 Å². The molecule has 8 heteroatoms. The zero-order valence-electron chi connectivity index (χ0n) is 14.5. The number of aryl methyl sites for hydroxylation is 3. The fourth-order valence-electron chi connectivity index (χ4n) is 3.60. The molecule has 0 saturated carbocycles. The van der Waals surface area contributed by atoms with Crippen molar-refractivity contribution < 1.29 is 4.79 Å². The number of hydrogen-bond acceptors (Lipinski definition) is 4. The Bertz CT molecular complexity index is 1030. The average Bonchev–Trinajstić information content (AvgIpc) is 3.23. The summed E-state index contributed by atoms with van der Waals surface area (Å²) in [6, 6.07) is 3.26. The van der Waals surface area contributed by atoms with Crippen LogP contribution in [-0.4, -0.2) is 41.7 Å². The third-order valence-corrected chi connectivity index (χ3v) is 4.71. The number of likely N-dealkylation sites (tertiary alicyclic amines) is 1. The van der Waals surface area contributed by atoms with E-state index in [1.165, 1.54) is 10.6 Å². The molecule has 130 valence electrons. The van der Waals surface area contributed by atoms with Crippen LogP contribution in [-0.2, 0) is 7.05 Å². The van der Waals surface area contributed by atoms with Crippen molar-refractivity contribution in [1.82, 2.24) is 29.3 Å². The van der Waals surface area contributed by atoms with Crippen molar-refractivity contribution in [2.75, 3.05) is 6.54 Å². The molecule has 3 aromatic rings. The molecule has 1 saturated heterocycles. The van der Waals surface area contributed by atoms with Crippen LogP contribution < -0.4 is 5.56 Å². The van der Waals surface area contributed by atoms with Crippen molar-refractivity contribution in [3.8, 4) is 0 Å². The third-order valence-electron chi connectivity index (χ3n) is 4.71. The molecular formula is C17H20N6O2. The van der Waals surface area contributed by atoms with Gasteiger partial charge in [0, 0.05) is 37.6 Å². The summed E-state index contributed by atoms with van der Waals surface area (Å²) in [6.07, 6.45) is 3.53. The van der Waals surface area contributed by atoms with Crippen LogP contribution >= 0.6 is 0 Å². The molecule has 0 spiro atoms. The van der Waals surface area contributed by atoms with E-state index >= 15 is 0 Å². The van der Waals surface area contributed by atoms with E-state index in [-0.39, 0.29) is 17.5 Å². The predicted molar refractivity (Wildman–Crippen MR) is 91.5 cm³/mol. The molecule has 1 atom stereocenters. The minimum Gasteiger partial charge on any atom is -0.330 e. The lowest BCUT2D eigenvalue weighted by Gasteiger charge is -2.23. The first-order valence-electron chi connectivity index (χ1n) is 8.34. The van der Waals surface area contributed by atoms with Crippen LogP contribution in [0.1, 0.15) is 46.3 Å². The van der Waals surface area contributed by atoms with Gasteiger partial charge < -0.3 is 4.90 Å². The monoisotopic (exact) mass is 340 g/mol. The van der Waals surface area contributed by atoms with Gasteiger partial charge in [0.2, 0.25) is 0 Å². The second-order valence-corrected chi connectivity index (χ2v) is 6.60. The van der Waals surface area contributed by atoms with Gasteiger partial charge in [-0.1, -0.05) is 0 Å². The van der Waals surface area contributed by atoms with Crippen molar-refractivity contribution >= 4 is 11.6 Å². The number of hydrogen-bond donors (Lipinski definition) is 1. The second-order valence-electron chi connectivity index (χ2n) is 6.60. The van der Waals surface area contributed by atoms with E-state index in [0.29, 0.717) is 23.4 Å². The smallest absolute Gasteiger partial charge is 0.272 e. The Kier molecular flexibility index (Phi) is 3.48. The first-order chi connectivity index (χ1) is 11.9. The molecule has 4 rings (SSSR count). The van der Waals surface area contributed by atoms with Crippen molar-refractivity contribution in [2.45, 2.75) is 32.7 Å². The molecule has 1 aliphatic heterocycles. The minimum absolute atomic E-state index is 0.0248. The van der Waals surface area contributed by atoms with Crippen molar-refractivity contribution in [2.24, 2.45) is 7.05 Å². The van der Waals surface area contributed by atoms with Crippen molar-refractivity contribution in [1.29, 1.82) is 0 Å². The minimum atomic E-state index is -0.146. The molecule has 25 heavy (non-hydrogen) atoms. The Morgan fingerprint density at radius 3 is 2.84 bits per heavy atom. The maximum absolute atomic E-state index is 13.0. The molecule has 0 aliphatic carbocycles. The van der Waals surface area contributed by atoms with Crippen molar-refractivity contribution in [3.63, 3.8) is 0 Å². The van der Waals surface area contributed by atoms with Gasteiger partial charge in [-0.15, -0.1) is 0 Å². The Morgan fingerprint density at radius 1 is 1.32 bits per heavy atom. The van der Waals surface area contributed by atoms with Crippen LogP contribution in [0.15, 0.2) is 23.1 Å². The van der Waals surface area contributed by atoms with Gasteiger partial charge in [-0.2, -0.15) is 5.10 Å². The van der Waals surface area contributed by atoms with Crippen LogP contribution in [0.25, 0.3) is 5.65 Å². The number of carbonyl (C=O) groups is 1. The highest BCUT2D eigenvalue weighted by molar-refractivity contribution is 5.95. The number of fused-ring (bicyclic) bond motifs is 1.